The zero-order valence-corrected chi connectivity index (χ0v) is 16.1. The summed E-state index contributed by atoms with van der Waals surface area (Å²) in [6.07, 6.45) is -3.31. The van der Waals surface area contributed by atoms with Gasteiger partial charge in [-0.25, -0.2) is 4.98 Å². The number of imidazole rings is 1. The highest BCUT2D eigenvalue weighted by Gasteiger charge is 2.39. The Kier molecular flexibility index (Phi) is 5.29. The Labute approximate surface area is 175 Å². The van der Waals surface area contributed by atoms with Gasteiger partial charge in [0.05, 0.1) is 5.69 Å². The van der Waals surface area contributed by atoms with Gasteiger partial charge in [-0.2, -0.15) is 13.2 Å². The molecule has 0 saturated heterocycles. The average molecular weight is 423 g/mol. The third-order valence-corrected chi connectivity index (χ3v) is 4.72. The van der Waals surface area contributed by atoms with Gasteiger partial charge in [0.25, 0.3) is 0 Å². The van der Waals surface area contributed by atoms with Crippen molar-refractivity contribution in [3.63, 3.8) is 0 Å². The molecule has 0 aliphatic rings. The molecule has 0 spiro atoms. The standard InChI is InChI=1S/C23H16F3N3O2/c24-23(25,26)22(31)28-21-18(13-15-7-3-1-4-8-15)29-14-17(11-12-19(29)27-21)20(30)16-9-5-2-6-10-16/h1-12,14H,13H2,(H,28,31). The van der Waals surface area contributed by atoms with Crippen molar-refractivity contribution in [2.24, 2.45) is 0 Å². The number of rotatable bonds is 5. The highest BCUT2D eigenvalue weighted by atomic mass is 19.4. The number of halogens is 3. The molecule has 0 bridgehead atoms. The summed E-state index contributed by atoms with van der Waals surface area (Å²) in [6.45, 7) is 0. The minimum absolute atomic E-state index is 0.199. The van der Waals surface area contributed by atoms with Crippen LogP contribution in [0.3, 0.4) is 0 Å². The number of carbonyl (C=O) groups is 2. The number of aromatic nitrogens is 2. The van der Waals surface area contributed by atoms with E-state index in [0.717, 1.165) is 5.56 Å². The van der Waals surface area contributed by atoms with Crippen molar-refractivity contribution >= 4 is 23.2 Å². The number of anilines is 1. The lowest BCUT2D eigenvalue weighted by molar-refractivity contribution is -0.167. The number of amides is 1. The Morgan fingerprint density at radius 1 is 0.871 bits per heavy atom. The van der Waals surface area contributed by atoms with E-state index in [1.54, 1.807) is 48.5 Å². The molecule has 4 aromatic rings. The highest BCUT2D eigenvalue weighted by Crippen LogP contribution is 2.25. The van der Waals surface area contributed by atoms with Gasteiger partial charge in [0.1, 0.15) is 5.65 Å². The van der Waals surface area contributed by atoms with Gasteiger partial charge in [-0.05, 0) is 17.7 Å². The van der Waals surface area contributed by atoms with Crippen LogP contribution in [0.5, 0.6) is 0 Å². The molecule has 4 rings (SSSR count). The van der Waals surface area contributed by atoms with Gasteiger partial charge in [0, 0.05) is 23.7 Å². The van der Waals surface area contributed by atoms with E-state index in [2.05, 4.69) is 4.98 Å². The topological polar surface area (TPSA) is 63.5 Å². The number of nitrogens with one attached hydrogen (secondary N) is 1. The van der Waals surface area contributed by atoms with Gasteiger partial charge in [0.2, 0.25) is 0 Å². The number of ketones is 1. The summed E-state index contributed by atoms with van der Waals surface area (Å²) in [4.78, 5) is 28.5. The third kappa shape index (κ3) is 4.32. The Morgan fingerprint density at radius 2 is 1.52 bits per heavy atom. The van der Waals surface area contributed by atoms with Gasteiger partial charge >= 0.3 is 12.1 Å². The van der Waals surface area contributed by atoms with E-state index in [1.165, 1.54) is 16.7 Å². The van der Waals surface area contributed by atoms with Crippen LogP contribution in [0.4, 0.5) is 19.0 Å². The SMILES string of the molecule is O=C(c1ccccc1)c1ccc2nc(NC(=O)C(F)(F)F)c(Cc3ccccc3)n2c1. The van der Waals surface area contributed by atoms with Crippen molar-refractivity contribution in [3.05, 3.63) is 101 Å². The summed E-state index contributed by atoms with van der Waals surface area (Å²) in [5.41, 5.74) is 2.29. The van der Waals surface area contributed by atoms with Gasteiger partial charge in [-0.15, -0.1) is 0 Å². The van der Waals surface area contributed by atoms with Crippen LogP contribution in [0.25, 0.3) is 5.65 Å². The molecular formula is C23H16F3N3O2. The number of hydrogen-bond acceptors (Lipinski definition) is 3. The summed E-state index contributed by atoms with van der Waals surface area (Å²) in [5.74, 6) is -2.54. The fourth-order valence-electron chi connectivity index (χ4n) is 3.22. The molecule has 1 amide bonds. The molecule has 156 valence electrons. The molecule has 2 aromatic heterocycles. The molecule has 31 heavy (non-hydrogen) atoms. The first-order valence-electron chi connectivity index (χ1n) is 9.36. The molecule has 2 aromatic carbocycles. The van der Waals surface area contributed by atoms with E-state index in [9.17, 15) is 22.8 Å². The first kappa shape index (κ1) is 20.3. The molecular weight excluding hydrogens is 407 g/mol. The molecule has 0 saturated carbocycles. The first-order valence-corrected chi connectivity index (χ1v) is 9.36. The average Bonchev–Trinajstić information content (AvgIpc) is 3.10. The van der Waals surface area contributed by atoms with Gasteiger partial charge < -0.3 is 9.72 Å². The molecule has 1 N–H and O–H groups in total. The van der Waals surface area contributed by atoms with Crippen molar-refractivity contribution in [2.45, 2.75) is 12.6 Å². The number of pyridine rings is 1. The summed E-state index contributed by atoms with van der Waals surface area (Å²) < 4.78 is 40.0. The fraction of sp³-hybridized carbons (Fsp3) is 0.0870. The quantitative estimate of drug-likeness (QED) is 0.475. The summed E-state index contributed by atoms with van der Waals surface area (Å²) in [7, 11) is 0. The Hall–Kier alpha value is -3.94. The Bertz CT molecular complexity index is 1250. The second kappa shape index (κ2) is 8.06. The van der Waals surface area contributed by atoms with Crippen LogP contribution >= 0.6 is 0 Å². The van der Waals surface area contributed by atoms with E-state index in [1.807, 2.05) is 23.5 Å². The molecule has 0 aliphatic carbocycles. The maximum atomic E-state index is 12.8. The van der Waals surface area contributed by atoms with Crippen molar-refractivity contribution in [3.8, 4) is 0 Å². The number of alkyl halides is 3. The van der Waals surface area contributed by atoms with Crippen LogP contribution in [0, 0.1) is 0 Å². The smallest absolute Gasteiger partial charge is 0.301 e. The summed E-state index contributed by atoms with van der Waals surface area (Å²) in [5, 5.41) is 1.86. The molecule has 0 unspecified atom stereocenters. The number of hydrogen-bond donors (Lipinski definition) is 1. The summed E-state index contributed by atoms with van der Waals surface area (Å²) >= 11 is 0. The zero-order valence-electron chi connectivity index (χ0n) is 16.1. The molecule has 5 nitrogen and oxygen atoms in total. The predicted molar refractivity (Wildman–Crippen MR) is 109 cm³/mol. The lowest BCUT2D eigenvalue weighted by Gasteiger charge is -2.09. The number of carbonyl (C=O) groups excluding carboxylic acids is 2. The van der Waals surface area contributed by atoms with Crippen molar-refractivity contribution in [1.29, 1.82) is 0 Å². The first-order chi connectivity index (χ1) is 14.8. The van der Waals surface area contributed by atoms with Crippen LogP contribution in [-0.4, -0.2) is 27.3 Å². The van der Waals surface area contributed by atoms with E-state index < -0.39 is 12.1 Å². The maximum absolute atomic E-state index is 12.8. The molecule has 0 fully saturated rings. The third-order valence-electron chi connectivity index (χ3n) is 4.72. The summed E-state index contributed by atoms with van der Waals surface area (Å²) in [6, 6.07) is 20.8. The normalized spacial score (nSPS) is 11.5. The number of benzene rings is 2. The monoisotopic (exact) mass is 423 g/mol. The second-order valence-corrected chi connectivity index (χ2v) is 6.86. The second-order valence-electron chi connectivity index (χ2n) is 6.86. The molecule has 0 aliphatic heterocycles. The highest BCUT2D eigenvalue weighted by molar-refractivity contribution is 6.09. The van der Waals surface area contributed by atoms with Gasteiger partial charge in [-0.1, -0.05) is 60.7 Å². The molecule has 2 heterocycles. The van der Waals surface area contributed by atoms with Crippen LogP contribution in [0.1, 0.15) is 27.2 Å². The van der Waals surface area contributed by atoms with Crippen LogP contribution < -0.4 is 5.32 Å². The maximum Gasteiger partial charge on any atom is 0.471 e. The number of nitrogens with zero attached hydrogens (tertiary/aromatic N) is 2. The Morgan fingerprint density at radius 3 is 2.16 bits per heavy atom. The molecule has 8 heteroatoms. The van der Waals surface area contributed by atoms with Crippen LogP contribution in [-0.2, 0) is 11.2 Å². The van der Waals surface area contributed by atoms with E-state index in [-0.39, 0.29) is 18.0 Å². The Balaban J connectivity index is 1.80. The van der Waals surface area contributed by atoms with Crippen LogP contribution in [0.2, 0.25) is 0 Å². The van der Waals surface area contributed by atoms with E-state index >= 15 is 0 Å². The fourth-order valence-corrected chi connectivity index (χ4v) is 3.22. The van der Waals surface area contributed by atoms with Gasteiger partial charge in [0.15, 0.2) is 11.6 Å². The zero-order chi connectivity index (χ0) is 22.0. The van der Waals surface area contributed by atoms with Crippen molar-refractivity contribution in [2.75, 3.05) is 5.32 Å². The van der Waals surface area contributed by atoms with Gasteiger partial charge in [-0.3, -0.25) is 9.59 Å². The van der Waals surface area contributed by atoms with E-state index in [4.69, 9.17) is 0 Å². The largest absolute Gasteiger partial charge is 0.471 e. The van der Waals surface area contributed by atoms with Crippen molar-refractivity contribution in [1.82, 2.24) is 9.38 Å². The van der Waals surface area contributed by atoms with Crippen LogP contribution in [0.15, 0.2) is 79.0 Å². The van der Waals surface area contributed by atoms with E-state index in [0.29, 0.717) is 22.5 Å². The lowest BCUT2D eigenvalue weighted by Crippen LogP contribution is -2.30. The predicted octanol–water partition coefficient (Wildman–Crippen LogP) is 4.66. The number of fused-ring (bicyclic) bond motifs is 1. The lowest BCUT2D eigenvalue weighted by atomic mass is 10.1. The minimum atomic E-state index is -5.05. The van der Waals surface area contributed by atoms with Crippen molar-refractivity contribution < 1.29 is 22.8 Å². The molecule has 0 atom stereocenters. The minimum Gasteiger partial charge on any atom is -0.301 e. The molecule has 0 radical (unpaired) electrons.